The summed E-state index contributed by atoms with van der Waals surface area (Å²) in [6.45, 7) is 9.64. The highest BCUT2D eigenvalue weighted by Gasteiger charge is 2.30. The molecule has 0 spiro atoms. The first-order valence-electron chi connectivity index (χ1n) is 40.5. The minimum absolute atomic E-state index is 0.106. The molecule has 0 rings (SSSR count). The standard InChI is InChI=1S/C78H152O17P2/c1-7-10-12-14-16-18-20-22-24-28-32-36-43-49-55-61-76(81)88-66-73(94-77(82)62-56-50-44-37-33-29-26-23-25-27-30-34-40-46-52-58-70(4)5)68-92-96(84,85)90-64-72(79)65-91-97(86,87)93-69-74(95-78(83)63-57-51-45-39-38-41-47-53-59-71(6)9-3)67-89-75(80)60-54-48-42-35-31-21-19-17-15-13-11-8-2/h70-74,79H,7-69H2,1-6H3,(H,84,85)(H,86,87)/t71?,72-,73-,74-/m1/s1. The molecule has 0 saturated heterocycles. The highest BCUT2D eigenvalue weighted by Crippen LogP contribution is 2.45. The molecule has 0 radical (unpaired) electrons. The van der Waals surface area contributed by atoms with E-state index in [0.29, 0.717) is 25.7 Å². The fourth-order valence-electron chi connectivity index (χ4n) is 12.0. The number of carbonyl (C=O) groups is 4. The highest BCUT2D eigenvalue weighted by atomic mass is 31.2. The Morgan fingerprint density at radius 1 is 0.299 bits per heavy atom. The van der Waals surface area contributed by atoms with Crippen molar-refractivity contribution in [2.45, 2.75) is 426 Å². The van der Waals surface area contributed by atoms with Gasteiger partial charge in [0.15, 0.2) is 12.2 Å². The minimum atomic E-state index is -4.96. The van der Waals surface area contributed by atoms with E-state index in [4.69, 9.17) is 37.0 Å². The van der Waals surface area contributed by atoms with Crippen LogP contribution in [0.4, 0.5) is 0 Å². The molecule has 0 saturated carbocycles. The van der Waals surface area contributed by atoms with Crippen molar-refractivity contribution in [2.75, 3.05) is 39.6 Å². The Kier molecular flexibility index (Phi) is 68.4. The van der Waals surface area contributed by atoms with Crippen LogP contribution in [0.15, 0.2) is 0 Å². The lowest BCUT2D eigenvalue weighted by molar-refractivity contribution is -0.161. The summed E-state index contributed by atoms with van der Waals surface area (Å²) in [7, 11) is -9.91. The van der Waals surface area contributed by atoms with Crippen molar-refractivity contribution in [2.24, 2.45) is 11.8 Å². The molecule has 0 heterocycles. The van der Waals surface area contributed by atoms with Gasteiger partial charge in [-0.15, -0.1) is 0 Å². The second kappa shape index (κ2) is 69.8. The van der Waals surface area contributed by atoms with Crippen molar-refractivity contribution in [3.05, 3.63) is 0 Å². The molecule has 0 fully saturated rings. The van der Waals surface area contributed by atoms with E-state index in [0.717, 1.165) is 102 Å². The number of ether oxygens (including phenoxy) is 4. The Morgan fingerprint density at radius 3 is 0.784 bits per heavy atom. The average Bonchev–Trinajstić information content (AvgIpc) is 1.29. The number of aliphatic hydroxyl groups is 1. The number of phosphoric ester groups is 2. The second-order valence-electron chi connectivity index (χ2n) is 28.8. The Balaban J connectivity index is 5.25. The smallest absolute Gasteiger partial charge is 0.462 e. The summed E-state index contributed by atoms with van der Waals surface area (Å²) < 4.78 is 68.6. The van der Waals surface area contributed by atoms with Gasteiger partial charge in [-0.25, -0.2) is 9.13 Å². The molecule has 0 aromatic heterocycles. The summed E-state index contributed by atoms with van der Waals surface area (Å²) in [5.41, 5.74) is 0. The van der Waals surface area contributed by atoms with Gasteiger partial charge in [0.2, 0.25) is 0 Å². The molecule has 3 unspecified atom stereocenters. The monoisotopic (exact) mass is 1420 g/mol. The molecule has 0 bridgehead atoms. The number of phosphoric acid groups is 2. The molecule has 576 valence electrons. The van der Waals surface area contributed by atoms with Crippen molar-refractivity contribution in [3.63, 3.8) is 0 Å². The maximum absolute atomic E-state index is 13.1. The van der Waals surface area contributed by atoms with Gasteiger partial charge in [0.05, 0.1) is 26.4 Å². The van der Waals surface area contributed by atoms with Crippen LogP contribution in [-0.4, -0.2) is 96.7 Å². The van der Waals surface area contributed by atoms with Gasteiger partial charge in [-0.05, 0) is 37.5 Å². The van der Waals surface area contributed by atoms with Gasteiger partial charge in [0.1, 0.15) is 19.3 Å². The lowest BCUT2D eigenvalue weighted by Gasteiger charge is -2.21. The van der Waals surface area contributed by atoms with Crippen LogP contribution in [0.5, 0.6) is 0 Å². The molecule has 0 aliphatic heterocycles. The maximum Gasteiger partial charge on any atom is 0.472 e. The quantitative estimate of drug-likeness (QED) is 0.0222. The van der Waals surface area contributed by atoms with E-state index >= 15 is 0 Å². The molecule has 6 atom stereocenters. The van der Waals surface area contributed by atoms with Crippen molar-refractivity contribution >= 4 is 39.5 Å². The fraction of sp³-hybridized carbons (Fsp3) is 0.949. The summed E-state index contributed by atoms with van der Waals surface area (Å²) in [6.07, 6.45) is 58.1. The predicted octanol–water partition coefficient (Wildman–Crippen LogP) is 23.1. The first-order valence-corrected chi connectivity index (χ1v) is 43.5. The normalized spacial score (nSPS) is 14.2. The van der Waals surface area contributed by atoms with Crippen LogP contribution in [0, 0.1) is 11.8 Å². The van der Waals surface area contributed by atoms with Crippen LogP contribution in [0.25, 0.3) is 0 Å². The SMILES string of the molecule is CCCCCCCCCCCCCCCCCC(=O)OC[C@H](COP(=O)(O)OC[C@@H](O)COP(=O)(O)OC[C@@H](COC(=O)CCCCCCCCCCCCCC)OC(=O)CCCCCCCCCCC(C)CC)OC(=O)CCCCCCCCCCCCCCCCCC(C)C. The Bertz CT molecular complexity index is 1870. The molecule has 0 aromatic rings. The van der Waals surface area contributed by atoms with Crippen molar-refractivity contribution in [3.8, 4) is 0 Å². The lowest BCUT2D eigenvalue weighted by atomic mass is 9.99. The fourth-order valence-corrected chi connectivity index (χ4v) is 13.6. The summed E-state index contributed by atoms with van der Waals surface area (Å²) in [4.78, 5) is 72.9. The number of aliphatic hydroxyl groups excluding tert-OH is 1. The van der Waals surface area contributed by atoms with Gasteiger partial charge < -0.3 is 33.8 Å². The predicted molar refractivity (Wildman–Crippen MR) is 395 cm³/mol. The van der Waals surface area contributed by atoms with Crippen molar-refractivity contribution in [1.82, 2.24) is 0 Å². The van der Waals surface area contributed by atoms with Gasteiger partial charge in [0.25, 0.3) is 0 Å². The van der Waals surface area contributed by atoms with Gasteiger partial charge in [-0.2, -0.15) is 0 Å². The third-order valence-corrected chi connectivity index (χ3v) is 20.5. The van der Waals surface area contributed by atoms with E-state index in [9.17, 15) is 43.2 Å². The number of hydrogen-bond acceptors (Lipinski definition) is 15. The van der Waals surface area contributed by atoms with E-state index in [1.54, 1.807) is 0 Å². The van der Waals surface area contributed by atoms with E-state index < -0.39 is 97.5 Å². The summed E-state index contributed by atoms with van der Waals surface area (Å²) in [6, 6.07) is 0. The molecule has 19 heteroatoms. The molecule has 3 N–H and O–H groups in total. The summed E-state index contributed by atoms with van der Waals surface area (Å²) in [5.74, 6) is -0.539. The van der Waals surface area contributed by atoms with Crippen LogP contribution >= 0.6 is 15.6 Å². The third kappa shape index (κ3) is 70.9. The summed E-state index contributed by atoms with van der Waals surface area (Å²) in [5, 5.41) is 10.6. The second-order valence-corrected chi connectivity index (χ2v) is 31.7. The van der Waals surface area contributed by atoms with Crippen LogP contribution in [-0.2, 0) is 65.4 Å². The lowest BCUT2D eigenvalue weighted by Crippen LogP contribution is -2.30. The molecule has 0 aliphatic rings. The van der Waals surface area contributed by atoms with Crippen molar-refractivity contribution in [1.29, 1.82) is 0 Å². The van der Waals surface area contributed by atoms with Crippen molar-refractivity contribution < 1.29 is 80.2 Å². The van der Waals surface area contributed by atoms with Gasteiger partial charge in [-0.1, -0.05) is 356 Å². The average molecular weight is 1420 g/mol. The topological polar surface area (TPSA) is 237 Å². The molecule has 0 aromatic carbocycles. The number of esters is 4. The van der Waals surface area contributed by atoms with E-state index in [1.807, 2.05) is 0 Å². The van der Waals surface area contributed by atoms with Crippen LogP contribution in [0.3, 0.4) is 0 Å². The van der Waals surface area contributed by atoms with E-state index in [2.05, 4.69) is 41.5 Å². The van der Waals surface area contributed by atoms with Crippen LogP contribution in [0.2, 0.25) is 0 Å². The number of carbonyl (C=O) groups excluding carboxylic acids is 4. The molecule has 0 aliphatic carbocycles. The minimum Gasteiger partial charge on any atom is -0.462 e. The molecular formula is C78H152O17P2. The van der Waals surface area contributed by atoms with E-state index in [-0.39, 0.29) is 25.7 Å². The van der Waals surface area contributed by atoms with Crippen LogP contribution in [0.1, 0.15) is 408 Å². The zero-order valence-corrected chi connectivity index (χ0v) is 65.2. The van der Waals surface area contributed by atoms with Gasteiger partial charge >= 0.3 is 39.5 Å². The first-order chi connectivity index (χ1) is 46.9. The zero-order chi connectivity index (χ0) is 71.4. The number of unbranched alkanes of at least 4 members (excludes halogenated alkanes) is 46. The first kappa shape index (κ1) is 95.1. The van der Waals surface area contributed by atoms with E-state index in [1.165, 1.54) is 225 Å². The zero-order valence-electron chi connectivity index (χ0n) is 63.4. The molecule has 97 heavy (non-hydrogen) atoms. The largest absolute Gasteiger partial charge is 0.472 e. The summed E-state index contributed by atoms with van der Waals surface area (Å²) >= 11 is 0. The maximum atomic E-state index is 13.1. The Hall–Kier alpha value is -1.94. The number of hydrogen-bond donors (Lipinski definition) is 3. The Morgan fingerprint density at radius 2 is 0.526 bits per heavy atom. The van der Waals surface area contributed by atoms with Gasteiger partial charge in [0, 0.05) is 25.7 Å². The highest BCUT2D eigenvalue weighted by molar-refractivity contribution is 7.47. The molecule has 0 amide bonds. The Labute approximate surface area is 594 Å². The third-order valence-electron chi connectivity index (χ3n) is 18.6. The van der Waals surface area contributed by atoms with Crippen LogP contribution < -0.4 is 0 Å². The molecule has 17 nitrogen and oxygen atoms in total. The molecular weight excluding hydrogens is 1270 g/mol. The van der Waals surface area contributed by atoms with Gasteiger partial charge in [-0.3, -0.25) is 37.3 Å². The number of rotatable bonds is 77.